The Morgan fingerprint density at radius 1 is 1.09 bits per heavy atom. The lowest BCUT2D eigenvalue weighted by Gasteiger charge is -2.25. The molecule has 1 heterocycles. The van der Waals surface area contributed by atoms with Crippen LogP contribution in [-0.4, -0.2) is 13.7 Å². The molecule has 2 atom stereocenters. The Morgan fingerprint density at radius 3 is 2.64 bits per heavy atom. The van der Waals surface area contributed by atoms with E-state index < -0.39 is 0 Å². The summed E-state index contributed by atoms with van der Waals surface area (Å²) >= 11 is 6.22. The maximum absolute atomic E-state index is 6.22. The largest absolute Gasteiger partial charge is 0.457 e. The summed E-state index contributed by atoms with van der Waals surface area (Å²) in [5.41, 5.74) is 5.37. The molecule has 0 amide bonds. The van der Waals surface area contributed by atoms with Crippen LogP contribution in [0.5, 0.6) is 11.5 Å². The van der Waals surface area contributed by atoms with Crippen LogP contribution in [0.4, 0.5) is 0 Å². The smallest absolute Gasteiger partial charge is 0.131 e. The van der Waals surface area contributed by atoms with Crippen molar-refractivity contribution >= 4 is 11.6 Å². The lowest BCUT2D eigenvalue weighted by Crippen LogP contribution is -2.24. The van der Waals surface area contributed by atoms with E-state index in [2.05, 4.69) is 24.5 Å². The van der Waals surface area contributed by atoms with E-state index in [1.807, 2.05) is 30.3 Å². The zero-order valence-electron chi connectivity index (χ0n) is 12.8. The SMILES string of the molecule is CC[C@@H]1c2cc(Cl)ccc2Oc2ccccc2[C@H]1CNOC. The van der Waals surface area contributed by atoms with Gasteiger partial charge in [-0.3, -0.25) is 0 Å². The predicted molar refractivity (Wildman–Crippen MR) is 88.8 cm³/mol. The molecule has 0 saturated heterocycles. The highest BCUT2D eigenvalue weighted by Gasteiger charge is 2.31. The molecule has 22 heavy (non-hydrogen) atoms. The van der Waals surface area contributed by atoms with Gasteiger partial charge in [-0.1, -0.05) is 36.7 Å². The summed E-state index contributed by atoms with van der Waals surface area (Å²) in [6, 6.07) is 14.1. The third kappa shape index (κ3) is 2.84. The summed E-state index contributed by atoms with van der Waals surface area (Å²) in [5.74, 6) is 2.38. The standard InChI is InChI=1S/C18H20ClNO2/c1-3-13-15-10-12(19)8-9-18(15)22-17-7-5-4-6-14(17)16(13)11-20-21-2/h4-10,13,16,20H,3,11H2,1-2H3/t13-,16+/m1/s1. The topological polar surface area (TPSA) is 30.5 Å². The third-order valence-corrected chi connectivity index (χ3v) is 4.52. The minimum absolute atomic E-state index is 0.265. The van der Waals surface area contributed by atoms with E-state index in [9.17, 15) is 0 Å². The molecule has 0 fully saturated rings. The summed E-state index contributed by atoms with van der Waals surface area (Å²) in [7, 11) is 1.64. The van der Waals surface area contributed by atoms with Crippen LogP contribution in [0.1, 0.15) is 36.3 Å². The van der Waals surface area contributed by atoms with Gasteiger partial charge in [0.1, 0.15) is 11.5 Å². The number of benzene rings is 2. The highest BCUT2D eigenvalue weighted by molar-refractivity contribution is 6.30. The number of fused-ring (bicyclic) bond motifs is 2. The first-order valence-corrected chi connectivity index (χ1v) is 7.94. The number of halogens is 1. The number of ether oxygens (including phenoxy) is 1. The molecule has 0 unspecified atom stereocenters. The number of hydroxylamine groups is 1. The van der Waals surface area contributed by atoms with Gasteiger partial charge in [-0.15, -0.1) is 0 Å². The average molecular weight is 318 g/mol. The van der Waals surface area contributed by atoms with Gasteiger partial charge in [0.2, 0.25) is 0 Å². The van der Waals surface area contributed by atoms with Crippen molar-refractivity contribution in [3.8, 4) is 11.5 Å². The van der Waals surface area contributed by atoms with Crippen molar-refractivity contribution < 1.29 is 9.57 Å². The Hall–Kier alpha value is -1.55. The van der Waals surface area contributed by atoms with Crippen molar-refractivity contribution in [3.05, 3.63) is 58.6 Å². The number of para-hydroxylation sites is 1. The van der Waals surface area contributed by atoms with Crippen molar-refractivity contribution in [1.82, 2.24) is 5.48 Å². The summed E-state index contributed by atoms with van der Waals surface area (Å²) in [4.78, 5) is 5.09. The monoisotopic (exact) mass is 317 g/mol. The van der Waals surface area contributed by atoms with E-state index in [0.717, 1.165) is 35.1 Å². The van der Waals surface area contributed by atoms with Crippen molar-refractivity contribution in [2.75, 3.05) is 13.7 Å². The van der Waals surface area contributed by atoms with Crippen molar-refractivity contribution in [2.45, 2.75) is 25.2 Å². The first-order valence-electron chi connectivity index (χ1n) is 7.56. The van der Waals surface area contributed by atoms with Crippen LogP contribution < -0.4 is 10.2 Å². The lowest BCUT2D eigenvalue weighted by atomic mass is 9.80. The lowest BCUT2D eigenvalue weighted by molar-refractivity contribution is 0.0845. The fourth-order valence-electron chi connectivity index (χ4n) is 3.26. The molecule has 116 valence electrons. The van der Waals surface area contributed by atoms with Crippen molar-refractivity contribution in [1.29, 1.82) is 0 Å². The van der Waals surface area contributed by atoms with Gasteiger partial charge in [0.15, 0.2) is 0 Å². The second-order valence-corrected chi connectivity index (χ2v) is 5.93. The van der Waals surface area contributed by atoms with E-state index in [1.54, 1.807) is 7.11 Å². The van der Waals surface area contributed by atoms with Crippen molar-refractivity contribution in [3.63, 3.8) is 0 Å². The predicted octanol–water partition coefficient (Wildman–Crippen LogP) is 4.87. The molecular formula is C18H20ClNO2. The fraction of sp³-hybridized carbons (Fsp3) is 0.333. The van der Waals surface area contributed by atoms with E-state index in [-0.39, 0.29) is 5.92 Å². The highest BCUT2D eigenvalue weighted by atomic mass is 35.5. The highest BCUT2D eigenvalue weighted by Crippen LogP contribution is 2.47. The zero-order chi connectivity index (χ0) is 15.5. The molecule has 3 nitrogen and oxygen atoms in total. The molecule has 0 saturated carbocycles. The van der Waals surface area contributed by atoms with Crippen LogP contribution in [0.15, 0.2) is 42.5 Å². The average Bonchev–Trinajstić information content (AvgIpc) is 2.66. The van der Waals surface area contributed by atoms with E-state index >= 15 is 0 Å². The van der Waals surface area contributed by atoms with Gasteiger partial charge >= 0.3 is 0 Å². The second-order valence-electron chi connectivity index (χ2n) is 5.50. The Kier molecular flexibility index (Phi) is 4.67. The Bertz CT molecular complexity index is 659. The van der Waals surface area contributed by atoms with Gasteiger partial charge in [-0.25, -0.2) is 5.48 Å². The fourth-order valence-corrected chi connectivity index (χ4v) is 3.44. The molecule has 0 aromatic heterocycles. The maximum atomic E-state index is 6.22. The summed E-state index contributed by atoms with van der Waals surface area (Å²) in [6.07, 6.45) is 1.00. The Labute approximate surface area is 136 Å². The molecule has 4 heteroatoms. The maximum Gasteiger partial charge on any atom is 0.131 e. The Balaban J connectivity index is 2.13. The first kappa shape index (κ1) is 15.3. The van der Waals surface area contributed by atoms with Crippen molar-refractivity contribution in [2.24, 2.45) is 0 Å². The van der Waals surface area contributed by atoms with Gasteiger partial charge in [-0.05, 0) is 47.7 Å². The molecule has 0 spiro atoms. The molecule has 2 aromatic rings. The van der Waals surface area contributed by atoms with Gasteiger partial charge in [-0.2, -0.15) is 0 Å². The quantitative estimate of drug-likeness (QED) is 0.816. The molecule has 1 aliphatic rings. The number of nitrogens with one attached hydrogen (secondary N) is 1. The van der Waals surface area contributed by atoms with Crippen LogP contribution in [-0.2, 0) is 4.84 Å². The molecule has 0 aliphatic carbocycles. The molecule has 1 N–H and O–H groups in total. The summed E-state index contributed by atoms with van der Waals surface area (Å²) in [5, 5.41) is 0.741. The summed E-state index contributed by atoms with van der Waals surface area (Å²) in [6.45, 7) is 2.92. The molecular weight excluding hydrogens is 298 g/mol. The molecule has 1 aliphatic heterocycles. The first-order chi connectivity index (χ1) is 10.7. The minimum atomic E-state index is 0.265. The molecule has 0 radical (unpaired) electrons. The zero-order valence-corrected chi connectivity index (χ0v) is 13.6. The molecule has 3 rings (SSSR count). The van der Waals surface area contributed by atoms with Gasteiger partial charge in [0.05, 0.1) is 7.11 Å². The van der Waals surface area contributed by atoms with Crippen LogP contribution >= 0.6 is 11.6 Å². The van der Waals surface area contributed by atoms with Crippen LogP contribution in [0.3, 0.4) is 0 Å². The third-order valence-electron chi connectivity index (χ3n) is 4.28. The van der Waals surface area contributed by atoms with Gasteiger partial charge in [0, 0.05) is 17.5 Å². The van der Waals surface area contributed by atoms with Gasteiger partial charge in [0.25, 0.3) is 0 Å². The minimum Gasteiger partial charge on any atom is -0.457 e. The van der Waals surface area contributed by atoms with Crippen LogP contribution in [0, 0.1) is 0 Å². The normalized spacial score (nSPS) is 19.8. The number of hydrogen-bond acceptors (Lipinski definition) is 3. The summed E-state index contributed by atoms with van der Waals surface area (Å²) < 4.78 is 6.17. The molecule has 0 bridgehead atoms. The van der Waals surface area contributed by atoms with Crippen LogP contribution in [0.2, 0.25) is 5.02 Å². The second kappa shape index (κ2) is 6.69. The van der Waals surface area contributed by atoms with E-state index in [1.165, 1.54) is 5.56 Å². The van der Waals surface area contributed by atoms with Crippen LogP contribution in [0.25, 0.3) is 0 Å². The Morgan fingerprint density at radius 2 is 1.86 bits per heavy atom. The van der Waals surface area contributed by atoms with Gasteiger partial charge < -0.3 is 9.57 Å². The van der Waals surface area contributed by atoms with E-state index in [4.69, 9.17) is 21.2 Å². The molecule has 2 aromatic carbocycles. The van der Waals surface area contributed by atoms with E-state index in [0.29, 0.717) is 5.92 Å². The number of hydrogen-bond donors (Lipinski definition) is 1. The number of rotatable bonds is 4.